The Kier molecular flexibility index (Phi) is 2.15. The average molecular weight is 213 g/mol. The maximum atomic E-state index is 11.5. The van der Waals surface area contributed by atoms with Crippen molar-refractivity contribution in [2.75, 3.05) is 7.11 Å². The van der Waals surface area contributed by atoms with Gasteiger partial charge in [-0.15, -0.1) is 0 Å². The summed E-state index contributed by atoms with van der Waals surface area (Å²) in [6.07, 6.45) is 4.76. The molecule has 0 aromatic carbocycles. The third-order valence-corrected chi connectivity index (χ3v) is 2.69. The molecule has 1 aromatic heterocycles. The summed E-state index contributed by atoms with van der Waals surface area (Å²) in [5, 5.41) is 0.189. The molecule has 1 aliphatic rings. The first-order valence-electron chi connectivity index (χ1n) is 4.25. The number of hydrogen-bond acceptors (Lipinski definition) is 4. The maximum Gasteiger partial charge on any atom is 0.316 e. The lowest BCUT2D eigenvalue weighted by atomic mass is 10.00. The fourth-order valence-corrected chi connectivity index (χ4v) is 1.59. The van der Waals surface area contributed by atoms with Crippen molar-refractivity contribution in [1.82, 2.24) is 9.97 Å². The zero-order chi connectivity index (χ0) is 10.2. The van der Waals surface area contributed by atoms with Crippen molar-refractivity contribution in [3.8, 4) is 0 Å². The summed E-state index contributed by atoms with van der Waals surface area (Å²) in [7, 11) is 1.39. The first kappa shape index (κ1) is 9.40. The first-order valence-corrected chi connectivity index (χ1v) is 4.63. The van der Waals surface area contributed by atoms with Crippen molar-refractivity contribution >= 4 is 17.6 Å². The van der Waals surface area contributed by atoms with Gasteiger partial charge < -0.3 is 4.74 Å². The predicted octanol–water partition coefficient (Wildman–Crippen LogP) is 1.33. The van der Waals surface area contributed by atoms with Gasteiger partial charge in [0.05, 0.1) is 12.5 Å². The molecule has 1 aliphatic carbocycles. The van der Waals surface area contributed by atoms with Crippen molar-refractivity contribution in [2.24, 2.45) is 0 Å². The molecule has 0 spiro atoms. The maximum absolute atomic E-state index is 11.5. The molecule has 5 heteroatoms. The van der Waals surface area contributed by atoms with Crippen molar-refractivity contribution in [3.63, 3.8) is 0 Å². The topological polar surface area (TPSA) is 52.1 Å². The molecular weight excluding hydrogens is 204 g/mol. The summed E-state index contributed by atoms with van der Waals surface area (Å²) in [5.41, 5.74) is 0.285. The Balaban J connectivity index is 2.31. The Morgan fingerprint density at radius 1 is 1.50 bits per heavy atom. The minimum absolute atomic E-state index is 0.189. The number of methoxy groups -OCH3 is 1. The fourth-order valence-electron chi connectivity index (χ4n) is 1.49. The molecule has 1 heterocycles. The molecule has 74 valence electrons. The van der Waals surface area contributed by atoms with Gasteiger partial charge >= 0.3 is 5.97 Å². The van der Waals surface area contributed by atoms with Gasteiger partial charge in [0.15, 0.2) is 0 Å². The van der Waals surface area contributed by atoms with Crippen LogP contribution in [0.5, 0.6) is 0 Å². The molecule has 0 bridgehead atoms. The lowest BCUT2D eigenvalue weighted by Gasteiger charge is -2.11. The van der Waals surface area contributed by atoms with E-state index in [2.05, 4.69) is 9.97 Å². The molecule has 0 atom stereocenters. The molecule has 1 aromatic rings. The SMILES string of the molecule is COC(=O)C1(c2cnc(Cl)nc2)CC1. The van der Waals surface area contributed by atoms with Gasteiger partial charge in [0.25, 0.3) is 0 Å². The number of carbonyl (C=O) groups is 1. The summed E-state index contributed by atoms with van der Waals surface area (Å²) < 4.78 is 4.73. The van der Waals surface area contributed by atoms with Crippen LogP contribution in [0.1, 0.15) is 18.4 Å². The van der Waals surface area contributed by atoms with Gasteiger partial charge in [0, 0.05) is 18.0 Å². The van der Waals surface area contributed by atoms with Gasteiger partial charge in [-0.3, -0.25) is 4.79 Å². The summed E-state index contributed by atoms with van der Waals surface area (Å²) in [4.78, 5) is 19.2. The number of nitrogens with zero attached hydrogens (tertiary/aromatic N) is 2. The predicted molar refractivity (Wildman–Crippen MR) is 50.0 cm³/mol. The van der Waals surface area contributed by atoms with Crippen LogP contribution in [0, 0.1) is 0 Å². The standard InChI is InChI=1S/C9H9ClN2O2/c1-14-7(13)9(2-3-9)6-4-11-8(10)12-5-6/h4-5H,2-3H2,1H3. The van der Waals surface area contributed by atoms with Crippen LogP contribution < -0.4 is 0 Å². The van der Waals surface area contributed by atoms with E-state index in [-0.39, 0.29) is 11.3 Å². The Bertz CT molecular complexity index is 360. The summed E-state index contributed by atoms with van der Waals surface area (Å²) in [5.74, 6) is -0.219. The zero-order valence-electron chi connectivity index (χ0n) is 7.66. The smallest absolute Gasteiger partial charge is 0.316 e. The molecule has 1 fully saturated rings. The van der Waals surface area contributed by atoms with Crippen molar-refractivity contribution in [1.29, 1.82) is 0 Å². The lowest BCUT2D eigenvalue weighted by molar-refractivity contribution is -0.143. The minimum atomic E-state index is -0.501. The lowest BCUT2D eigenvalue weighted by Crippen LogP contribution is -2.22. The molecule has 14 heavy (non-hydrogen) atoms. The number of halogens is 1. The van der Waals surface area contributed by atoms with Crippen LogP contribution in [0.15, 0.2) is 12.4 Å². The summed E-state index contributed by atoms with van der Waals surface area (Å²) >= 11 is 5.56. The van der Waals surface area contributed by atoms with Crippen LogP contribution in [0.25, 0.3) is 0 Å². The Morgan fingerprint density at radius 2 is 2.07 bits per heavy atom. The van der Waals surface area contributed by atoms with Gasteiger partial charge in [-0.1, -0.05) is 0 Å². The highest BCUT2D eigenvalue weighted by Crippen LogP contribution is 2.48. The highest BCUT2D eigenvalue weighted by atomic mass is 35.5. The molecular formula is C9H9ClN2O2. The van der Waals surface area contributed by atoms with E-state index in [1.54, 1.807) is 12.4 Å². The highest BCUT2D eigenvalue weighted by molar-refractivity contribution is 6.28. The normalized spacial score (nSPS) is 17.6. The molecule has 0 radical (unpaired) electrons. The van der Waals surface area contributed by atoms with Gasteiger partial charge in [-0.25, -0.2) is 9.97 Å². The van der Waals surface area contributed by atoms with E-state index in [1.165, 1.54) is 7.11 Å². The van der Waals surface area contributed by atoms with Gasteiger partial charge in [-0.05, 0) is 24.4 Å². The Hall–Kier alpha value is -1.16. The van der Waals surface area contributed by atoms with E-state index in [4.69, 9.17) is 16.3 Å². The fraction of sp³-hybridized carbons (Fsp3) is 0.444. The quantitative estimate of drug-likeness (QED) is 0.548. The van der Waals surface area contributed by atoms with Crippen LogP contribution in [-0.4, -0.2) is 23.0 Å². The number of carbonyl (C=O) groups excluding carboxylic acids is 1. The molecule has 0 saturated heterocycles. The second-order valence-corrected chi connectivity index (χ2v) is 3.65. The monoisotopic (exact) mass is 212 g/mol. The third kappa shape index (κ3) is 1.35. The molecule has 4 nitrogen and oxygen atoms in total. The number of esters is 1. The third-order valence-electron chi connectivity index (χ3n) is 2.50. The van der Waals surface area contributed by atoms with Crippen LogP contribution in [-0.2, 0) is 14.9 Å². The van der Waals surface area contributed by atoms with Gasteiger partial charge in [0.2, 0.25) is 5.28 Å². The van der Waals surface area contributed by atoms with Gasteiger partial charge in [0.1, 0.15) is 0 Å². The second-order valence-electron chi connectivity index (χ2n) is 3.31. The summed E-state index contributed by atoms with van der Waals surface area (Å²) in [6.45, 7) is 0. The van der Waals surface area contributed by atoms with Crippen molar-refractivity contribution in [3.05, 3.63) is 23.2 Å². The number of ether oxygens (including phenoxy) is 1. The van der Waals surface area contributed by atoms with E-state index >= 15 is 0 Å². The number of hydrogen-bond donors (Lipinski definition) is 0. The largest absolute Gasteiger partial charge is 0.468 e. The molecule has 1 saturated carbocycles. The number of aromatic nitrogens is 2. The van der Waals surface area contributed by atoms with Crippen LogP contribution in [0.2, 0.25) is 5.28 Å². The molecule has 0 amide bonds. The summed E-state index contributed by atoms with van der Waals surface area (Å²) in [6, 6.07) is 0. The average Bonchev–Trinajstić information content (AvgIpc) is 2.99. The van der Waals surface area contributed by atoms with Crippen LogP contribution in [0.4, 0.5) is 0 Å². The van der Waals surface area contributed by atoms with E-state index < -0.39 is 5.41 Å². The highest BCUT2D eigenvalue weighted by Gasteiger charge is 2.53. The molecule has 0 N–H and O–H groups in total. The van der Waals surface area contributed by atoms with E-state index in [9.17, 15) is 4.79 Å². The molecule has 2 rings (SSSR count). The van der Waals surface area contributed by atoms with E-state index in [0.717, 1.165) is 18.4 Å². The van der Waals surface area contributed by atoms with Crippen molar-refractivity contribution < 1.29 is 9.53 Å². The van der Waals surface area contributed by atoms with Crippen molar-refractivity contribution in [2.45, 2.75) is 18.3 Å². The second kappa shape index (κ2) is 3.20. The van der Waals surface area contributed by atoms with E-state index in [0.29, 0.717) is 0 Å². The first-order chi connectivity index (χ1) is 6.69. The molecule has 0 unspecified atom stereocenters. The molecule has 0 aliphatic heterocycles. The Labute approximate surface area is 86.3 Å². The van der Waals surface area contributed by atoms with E-state index in [1.807, 2.05) is 0 Å². The van der Waals surface area contributed by atoms with Crippen LogP contribution in [0.3, 0.4) is 0 Å². The van der Waals surface area contributed by atoms with Crippen LogP contribution >= 0.6 is 11.6 Å². The van der Waals surface area contributed by atoms with Gasteiger partial charge in [-0.2, -0.15) is 0 Å². The zero-order valence-corrected chi connectivity index (χ0v) is 8.41. The Morgan fingerprint density at radius 3 is 2.50 bits per heavy atom. The minimum Gasteiger partial charge on any atom is -0.468 e. The number of rotatable bonds is 2.